The Bertz CT molecular complexity index is 698. The SMILES string of the molecule is C[C@H]1CCc2sc(C(=O)Nc3ccc(F)c(Cl)c3)cc2C1. The molecule has 1 aromatic carbocycles. The van der Waals surface area contributed by atoms with Gasteiger partial charge in [-0.25, -0.2) is 4.39 Å². The van der Waals surface area contributed by atoms with Gasteiger partial charge in [-0.05, 0) is 55.0 Å². The Morgan fingerprint density at radius 1 is 1.43 bits per heavy atom. The fourth-order valence-electron chi connectivity index (χ4n) is 2.58. The number of carbonyl (C=O) groups excluding carboxylic acids is 1. The van der Waals surface area contributed by atoms with Gasteiger partial charge in [0, 0.05) is 10.6 Å². The number of thiophene rings is 1. The lowest BCUT2D eigenvalue weighted by atomic mass is 9.90. The summed E-state index contributed by atoms with van der Waals surface area (Å²) in [6, 6.07) is 6.16. The third-order valence-electron chi connectivity index (χ3n) is 3.73. The van der Waals surface area contributed by atoms with E-state index in [-0.39, 0.29) is 10.9 Å². The van der Waals surface area contributed by atoms with Gasteiger partial charge in [0.25, 0.3) is 5.91 Å². The number of benzene rings is 1. The molecule has 0 unspecified atom stereocenters. The van der Waals surface area contributed by atoms with Crippen LogP contribution in [0.25, 0.3) is 0 Å². The highest BCUT2D eigenvalue weighted by Gasteiger charge is 2.20. The van der Waals surface area contributed by atoms with E-state index in [1.807, 2.05) is 6.07 Å². The van der Waals surface area contributed by atoms with Gasteiger partial charge in [-0.15, -0.1) is 11.3 Å². The molecule has 0 bridgehead atoms. The topological polar surface area (TPSA) is 29.1 Å². The molecule has 3 rings (SSSR count). The Labute approximate surface area is 131 Å². The van der Waals surface area contributed by atoms with Crippen LogP contribution in [0, 0.1) is 11.7 Å². The Balaban J connectivity index is 1.78. The van der Waals surface area contributed by atoms with Crippen LogP contribution in [0.3, 0.4) is 0 Å². The summed E-state index contributed by atoms with van der Waals surface area (Å²) in [5.41, 5.74) is 1.80. The van der Waals surface area contributed by atoms with Crippen molar-refractivity contribution in [2.75, 3.05) is 5.32 Å². The minimum atomic E-state index is -0.491. The van der Waals surface area contributed by atoms with Crippen molar-refractivity contribution >= 4 is 34.5 Å². The second kappa shape index (κ2) is 5.78. The molecule has 2 aromatic rings. The third kappa shape index (κ3) is 3.11. The minimum absolute atomic E-state index is 0.00657. The van der Waals surface area contributed by atoms with Crippen molar-refractivity contribution in [1.82, 2.24) is 0 Å². The van der Waals surface area contributed by atoms with Crippen LogP contribution < -0.4 is 5.32 Å². The molecule has 1 aliphatic carbocycles. The molecule has 1 N–H and O–H groups in total. The molecule has 0 saturated heterocycles. The van der Waals surface area contributed by atoms with Crippen LogP contribution >= 0.6 is 22.9 Å². The van der Waals surface area contributed by atoms with E-state index in [9.17, 15) is 9.18 Å². The fourth-order valence-corrected chi connectivity index (χ4v) is 3.87. The van der Waals surface area contributed by atoms with Crippen LogP contribution in [0.15, 0.2) is 24.3 Å². The highest BCUT2D eigenvalue weighted by Crippen LogP contribution is 2.32. The Hall–Kier alpha value is -1.39. The first kappa shape index (κ1) is 14.5. The summed E-state index contributed by atoms with van der Waals surface area (Å²) in [7, 11) is 0. The van der Waals surface area contributed by atoms with Gasteiger partial charge >= 0.3 is 0 Å². The van der Waals surface area contributed by atoms with E-state index in [0.29, 0.717) is 16.5 Å². The van der Waals surface area contributed by atoms with Crippen LogP contribution in [0.1, 0.15) is 33.5 Å². The molecule has 1 amide bonds. The maximum absolute atomic E-state index is 13.1. The second-order valence-electron chi connectivity index (χ2n) is 5.49. The normalized spacial score (nSPS) is 17.4. The molecular weight excluding hydrogens is 309 g/mol. The Morgan fingerprint density at radius 2 is 2.24 bits per heavy atom. The quantitative estimate of drug-likeness (QED) is 0.835. The number of rotatable bonds is 2. The number of hydrogen-bond donors (Lipinski definition) is 1. The van der Waals surface area contributed by atoms with Gasteiger partial charge in [0.1, 0.15) is 5.82 Å². The van der Waals surface area contributed by atoms with Crippen LogP contribution in [0.2, 0.25) is 5.02 Å². The molecule has 0 saturated carbocycles. The molecule has 1 heterocycles. The van der Waals surface area contributed by atoms with E-state index in [1.54, 1.807) is 11.3 Å². The van der Waals surface area contributed by atoms with Gasteiger partial charge in [0.05, 0.1) is 9.90 Å². The number of nitrogens with one attached hydrogen (secondary N) is 1. The van der Waals surface area contributed by atoms with E-state index in [2.05, 4.69) is 12.2 Å². The minimum Gasteiger partial charge on any atom is -0.321 e. The molecule has 0 fully saturated rings. The monoisotopic (exact) mass is 323 g/mol. The molecule has 21 heavy (non-hydrogen) atoms. The van der Waals surface area contributed by atoms with E-state index in [1.165, 1.54) is 35.1 Å². The average molecular weight is 324 g/mol. The van der Waals surface area contributed by atoms with E-state index >= 15 is 0 Å². The zero-order chi connectivity index (χ0) is 15.0. The van der Waals surface area contributed by atoms with Crippen molar-refractivity contribution < 1.29 is 9.18 Å². The Morgan fingerprint density at radius 3 is 3.00 bits per heavy atom. The lowest BCUT2D eigenvalue weighted by Crippen LogP contribution is -2.10. The van der Waals surface area contributed by atoms with Gasteiger partial charge in [-0.3, -0.25) is 4.79 Å². The van der Waals surface area contributed by atoms with Crippen molar-refractivity contribution in [2.24, 2.45) is 5.92 Å². The molecular formula is C16H15ClFNOS. The molecule has 0 spiro atoms. The molecule has 1 aromatic heterocycles. The zero-order valence-corrected chi connectivity index (χ0v) is 13.2. The molecule has 5 heteroatoms. The van der Waals surface area contributed by atoms with Gasteiger partial charge in [-0.2, -0.15) is 0 Å². The van der Waals surface area contributed by atoms with Crippen molar-refractivity contribution in [2.45, 2.75) is 26.2 Å². The molecule has 0 radical (unpaired) electrons. The molecule has 1 aliphatic rings. The molecule has 2 nitrogen and oxygen atoms in total. The lowest BCUT2D eigenvalue weighted by Gasteiger charge is -2.16. The summed E-state index contributed by atoms with van der Waals surface area (Å²) in [6.45, 7) is 2.24. The van der Waals surface area contributed by atoms with Crippen LogP contribution in [0.5, 0.6) is 0 Å². The summed E-state index contributed by atoms with van der Waals surface area (Å²) in [6.07, 6.45) is 3.28. The summed E-state index contributed by atoms with van der Waals surface area (Å²) >= 11 is 7.27. The van der Waals surface area contributed by atoms with Gasteiger partial charge in [0.2, 0.25) is 0 Å². The van der Waals surface area contributed by atoms with Gasteiger partial charge in [0.15, 0.2) is 0 Å². The Kier molecular flexibility index (Phi) is 4.00. The molecule has 110 valence electrons. The van der Waals surface area contributed by atoms with Crippen LogP contribution in [-0.2, 0) is 12.8 Å². The van der Waals surface area contributed by atoms with E-state index in [4.69, 9.17) is 11.6 Å². The third-order valence-corrected chi connectivity index (χ3v) is 5.26. The predicted octanol–water partition coefficient (Wildman–Crippen LogP) is 4.92. The smallest absolute Gasteiger partial charge is 0.265 e. The average Bonchev–Trinajstić information content (AvgIpc) is 2.86. The number of halogens is 2. The number of aryl methyl sites for hydroxylation is 1. The molecule has 0 aliphatic heterocycles. The summed E-state index contributed by atoms with van der Waals surface area (Å²) in [5.74, 6) is 0.0267. The van der Waals surface area contributed by atoms with Gasteiger partial charge in [-0.1, -0.05) is 18.5 Å². The number of hydrogen-bond acceptors (Lipinski definition) is 2. The maximum Gasteiger partial charge on any atom is 0.265 e. The summed E-state index contributed by atoms with van der Waals surface area (Å²) in [5, 5.41) is 2.77. The predicted molar refractivity (Wildman–Crippen MR) is 84.9 cm³/mol. The summed E-state index contributed by atoms with van der Waals surface area (Å²) < 4.78 is 13.1. The zero-order valence-electron chi connectivity index (χ0n) is 11.6. The fraction of sp³-hybridized carbons (Fsp3) is 0.312. The standard InChI is InChI=1S/C16H15ClFNOS/c1-9-2-5-14-10(6-9)7-15(21-14)16(20)19-11-3-4-13(18)12(17)8-11/h3-4,7-9H,2,5-6H2,1H3,(H,19,20)/t9-/m0/s1. The lowest BCUT2D eigenvalue weighted by molar-refractivity contribution is 0.103. The molecule has 1 atom stereocenters. The van der Waals surface area contributed by atoms with E-state index in [0.717, 1.165) is 12.8 Å². The first-order chi connectivity index (χ1) is 10.0. The first-order valence-electron chi connectivity index (χ1n) is 6.91. The first-order valence-corrected chi connectivity index (χ1v) is 8.10. The maximum atomic E-state index is 13.1. The second-order valence-corrected chi connectivity index (χ2v) is 7.03. The number of fused-ring (bicyclic) bond motifs is 1. The van der Waals surface area contributed by atoms with E-state index < -0.39 is 5.82 Å². The summed E-state index contributed by atoms with van der Waals surface area (Å²) in [4.78, 5) is 14.3. The number of carbonyl (C=O) groups is 1. The number of anilines is 1. The van der Waals surface area contributed by atoms with Crippen molar-refractivity contribution in [3.8, 4) is 0 Å². The largest absolute Gasteiger partial charge is 0.321 e. The number of amides is 1. The highest BCUT2D eigenvalue weighted by atomic mass is 35.5. The van der Waals surface area contributed by atoms with Crippen molar-refractivity contribution in [3.05, 3.63) is 50.4 Å². The van der Waals surface area contributed by atoms with Crippen molar-refractivity contribution in [3.63, 3.8) is 0 Å². The van der Waals surface area contributed by atoms with Crippen LogP contribution in [-0.4, -0.2) is 5.91 Å². The van der Waals surface area contributed by atoms with Crippen molar-refractivity contribution in [1.29, 1.82) is 0 Å². The van der Waals surface area contributed by atoms with Gasteiger partial charge < -0.3 is 5.32 Å². The highest BCUT2D eigenvalue weighted by molar-refractivity contribution is 7.14. The van der Waals surface area contributed by atoms with Crippen LogP contribution in [0.4, 0.5) is 10.1 Å².